The Hall–Kier alpha value is -1.51. The zero-order valence-corrected chi connectivity index (χ0v) is 10.3. The van der Waals surface area contributed by atoms with E-state index in [-0.39, 0.29) is 17.9 Å². The van der Waals surface area contributed by atoms with Gasteiger partial charge in [-0.15, -0.1) is 0 Å². The number of hydrogen-bond acceptors (Lipinski definition) is 2. The van der Waals surface area contributed by atoms with Crippen molar-refractivity contribution in [3.63, 3.8) is 0 Å². The predicted molar refractivity (Wildman–Crippen MR) is 65.4 cm³/mol. The molecule has 1 aromatic carbocycles. The normalized spacial score (nSPS) is 16.9. The molecule has 0 amide bonds. The molecular formula is C14H18O3. The van der Waals surface area contributed by atoms with Crippen LogP contribution in [0.1, 0.15) is 38.7 Å². The molecule has 2 rings (SSSR count). The molecule has 3 nitrogen and oxygen atoms in total. The lowest BCUT2D eigenvalue weighted by Gasteiger charge is -2.19. The van der Waals surface area contributed by atoms with Gasteiger partial charge in [-0.3, -0.25) is 4.79 Å². The van der Waals surface area contributed by atoms with Crippen LogP contribution in [0.2, 0.25) is 0 Å². The van der Waals surface area contributed by atoms with Crippen LogP contribution in [0.5, 0.6) is 5.75 Å². The number of carbonyl (C=O) groups is 1. The van der Waals surface area contributed by atoms with E-state index in [1.807, 2.05) is 38.1 Å². The summed E-state index contributed by atoms with van der Waals surface area (Å²) in [5.74, 6) is 0.100. The van der Waals surface area contributed by atoms with Gasteiger partial charge >= 0.3 is 5.97 Å². The number of carboxylic acid groups (broad SMARTS) is 1. The van der Waals surface area contributed by atoms with Crippen LogP contribution in [-0.4, -0.2) is 17.2 Å². The standard InChI is InChI=1S/C14H18O3/c1-10(2)17-12-6-4-3-5-11(12)14(7-8-14)9-13(15)16/h3-6,10H,7-9H2,1-2H3,(H,15,16). The van der Waals surface area contributed by atoms with Crippen LogP contribution in [0.25, 0.3) is 0 Å². The van der Waals surface area contributed by atoms with Crippen molar-refractivity contribution in [3.8, 4) is 5.75 Å². The smallest absolute Gasteiger partial charge is 0.304 e. The highest BCUT2D eigenvalue weighted by Crippen LogP contribution is 2.53. The van der Waals surface area contributed by atoms with E-state index in [0.29, 0.717) is 0 Å². The SMILES string of the molecule is CC(C)Oc1ccccc1C1(CC(=O)O)CC1. The summed E-state index contributed by atoms with van der Waals surface area (Å²) in [6, 6.07) is 7.80. The Kier molecular flexibility index (Phi) is 3.09. The molecule has 1 N–H and O–H groups in total. The summed E-state index contributed by atoms with van der Waals surface area (Å²) in [6.45, 7) is 3.96. The van der Waals surface area contributed by atoms with Crippen LogP contribution < -0.4 is 4.74 Å². The molecule has 92 valence electrons. The molecule has 0 spiro atoms. The molecular weight excluding hydrogens is 216 g/mol. The van der Waals surface area contributed by atoms with Gasteiger partial charge in [0.15, 0.2) is 0 Å². The average molecular weight is 234 g/mol. The zero-order valence-electron chi connectivity index (χ0n) is 10.3. The first kappa shape index (κ1) is 12.0. The maximum absolute atomic E-state index is 10.9. The van der Waals surface area contributed by atoms with Crippen molar-refractivity contribution in [3.05, 3.63) is 29.8 Å². The van der Waals surface area contributed by atoms with E-state index < -0.39 is 5.97 Å². The summed E-state index contributed by atoms with van der Waals surface area (Å²) in [7, 11) is 0. The van der Waals surface area contributed by atoms with E-state index in [9.17, 15) is 4.79 Å². The van der Waals surface area contributed by atoms with Gasteiger partial charge in [0.2, 0.25) is 0 Å². The van der Waals surface area contributed by atoms with Crippen LogP contribution in [0, 0.1) is 0 Å². The van der Waals surface area contributed by atoms with Crippen LogP contribution in [0.4, 0.5) is 0 Å². The number of aliphatic carboxylic acids is 1. The maximum atomic E-state index is 10.9. The van der Waals surface area contributed by atoms with E-state index in [2.05, 4.69) is 0 Å². The third-order valence-electron chi connectivity index (χ3n) is 3.16. The lowest BCUT2D eigenvalue weighted by molar-refractivity contribution is -0.137. The second-order valence-electron chi connectivity index (χ2n) is 5.01. The topological polar surface area (TPSA) is 46.5 Å². The molecule has 3 heteroatoms. The highest BCUT2D eigenvalue weighted by Gasteiger charge is 2.47. The highest BCUT2D eigenvalue weighted by molar-refractivity contribution is 5.70. The number of hydrogen-bond donors (Lipinski definition) is 1. The number of ether oxygens (including phenoxy) is 1. The van der Waals surface area contributed by atoms with Gasteiger partial charge < -0.3 is 9.84 Å². The van der Waals surface area contributed by atoms with E-state index in [4.69, 9.17) is 9.84 Å². The Morgan fingerprint density at radius 2 is 2.06 bits per heavy atom. The van der Waals surface area contributed by atoms with E-state index in [1.54, 1.807) is 0 Å². The van der Waals surface area contributed by atoms with Gasteiger partial charge in [-0.05, 0) is 32.8 Å². The van der Waals surface area contributed by atoms with Crippen molar-refractivity contribution >= 4 is 5.97 Å². The first-order chi connectivity index (χ1) is 8.03. The fraction of sp³-hybridized carbons (Fsp3) is 0.500. The summed E-state index contributed by atoms with van der Waals surface area (Å²) in [5.41, 5.74) is 0.869. The largest absolute Gasteiger partial charge is 0.491 e. The second kappa shape index (κ2) is 4.40. The van der Waals surface area contributed by atoms with Gasteiger partial charge in [-0.25, -0.2) is 0 Å². The molecule has 1 aliphatic rings. The van der Waals surface area contributed by atoms with Gasteiger partial charge in [0.25, 0.3) is 0 Å². The predicted octanol–water partition coefficient (Wildman–Crippen LogP) is 2.98. The lowest BCUT2D eigenvalue weighted by atomic mass is 9.91. The van der Waals surface area contributed by atoms with E-state index in [1.165, 1.54) is 0 Å². The van der Waals surface area contributed by atoms with Gasteiger partial charge in [0.05, 0.1) is 12.5 Å². The number of rotatable bonds is 5. The van der Waals surface area contributed by atoms with Crippen molar-refractivity contribution in [1.82, 2.24) is 0 Å². The van der Waals surface area contributed by atoms with Crippen molar-refractivity contribution in [2.75, 3.05) is 0 Å². The molecule has 1 fully saturated rings. The summed E-state index contributed by atoms with van der Waals surface area (Å²) in [5, 5.41) is 8.98. The molecule has 0 heterocycles. The third-order valence-corrected chi connectivity index (χ3v) is 3.16. The van der Waals surface area contributed by atoms with Gasteiger partial charge in [0, 0.05) is 11.0 Å². The molecule has 0 bridgehead atoms. The molecule has 1 saturated carbocycles. The second-order valence-corrected chi connectivity index (χ2v) is 5.01. The molecule has 1 aromatic rings. The number of benzene rings is 1. The number of para-hydroxylation sites is 1. The fourth-order valence-electron chi connectivity index (χ4n) is 2.24. The zero-order chi connectivity index (χ0) is 12.5. The highest BCUT2D eigenvalue weighted by atomic mass is 16.5. The molecule has 0 saturated heterocycles. The van der Waals surface area contributed by atoms with Gasteiger partial charge in [-0.1, -0.05) is 18.2 Å². The molecule has 0 unspecified atom stereocenters. The minimum absolute atomic E-state index is 0.108. The minimum Gasteiger partial charge on any atom is -0.491 e. The Balaban J connectivity index is 2.28. The summed E-state index contributed by atoms with van der Waals surface area (Å²) in [4.78, 5) is 10.9. The van der Waals surface area contributed by atoms with Gasteiger partial charge in [-0.2, -0.15) is 0 Å². The monoisotopic (exact) mass is 234 g/mol. The molecule has 0 atom stereocenters. The average Bonchev–Trinajstić information content (AvgIpc) is 2.97. The van der Waals surface area contributed by atoms with Gasteiger partial charge in [0.1, 0.15) is 5.75 Å². The summed E-state index contributed by atoms with van der Waals surface area (Å²) < 4.78 is 5.76. The first-order valence-corrected chi connectivity index (χ1v) is 6.01. The minimum atomic E-state index is -0.734. The van der Waals surface area contributed by atoms with Crippen molar-refractivity contribution in [2.24, 2.45) is 0 Å². The van der Waals surface area contributed by atoms with Crippen molar-refractivity contribution < 1.29 is 14.6 Å². The van der Waals surface area contributed by atoms with E-state index in [0.717, 1.165) is 24.2 Å². The number of carboxylic acids is 1. The Labute approximate surface area is 101 Å². The van der Waals surface area contributed by atoms with Crippen LogP contribution in [0.3, 0.4) is 0 Å². The van der Waals surface area contributed by atoms with Crippen LogP contribution >= 0.6 is 0 Å². The quantitative estimate of drug-likeness (QED) is 0.852. The van der Waals surface area contributed by atoms with Crippen LogP contribution in [0.15, 0.2) is 24.3 Å². The fourth-order valence-corrected chi connectivity index (χ4v) is 2.24. The van der Waals surface area contributed by atoms with Crippen molar-refractivity contribution in [2.45, 2.75) is 44.6 Å². The Bertz CT molecular complexity index is 419. The first-order valence-electron chi connectivity index (χ1n) is 6.01. The van der Waals surface area contributed by atoms with Crippen LogP contribution in [-0.2, 0) is 10.2 Å². The molecule has 1 aliphatic carbocycles. The van der Waals surface area contributed by atoms with Crippen molar-refractivity contribution in [1.29, 1.82) is 0 Å². The molecule has 0 aromatic heterocycles. The summed E-state index contributed by atoms with van der Waals surface area (Å²) >= 11 is 0. The Morgan fingerprint density at radius 3 is 2.59 bits per heavy atom. The third kappa shape index (κ3) is 2.60. The van der Waals surface area contributed by atoms with E-state index >= 15 is 0 Å². The molecule has 17 heavy (non-hydrogen) atoms. The molecule has 0 aliphatic heterocycles. The Morgan fingerprint density at radius 1 is 1.41 bits per heavy atom. The summed E-state index contributed by atoms with van der Waals surface area (Å²) in [6.07, 6.45) is 2.19. The lowest BCUT2D eigenvalue weighted by Crippen LogP contribution is -2.16. The molecule has 0 radical (unpaired) electrons. The maximum Gasteiger partial charge on any atom is 0.304 e.